The van der Waals surface area contributed by atoms with Crippen molar-refractivity contribution in [2.24, 2.45) is 0 Å². The minimum atomic E-state index is -0.591. The second-order valence-electron chi connectivity index (χ2n) is 8.47. The number of aryl methyl sites for hydroxylation is 1. The first-order chi connectivity index (χ1) is 16.8. The Morgan fingerprint density at radius 2 is 1.54 bits per heavy atom. The van der Waals surface area contributed by atoms with E-state index in [1.54, 1.807) is 48.5 Å². The van der Waals surface area contributed by atoms with E-state index in [0.717, 1.165) is 22.4 Å². The van der Waals surface area contributed by atoms with Gasteiger partial charge in [-0.3, -0.25) is 9.59 Å². The quantitative estimate of drug-likeness (QED) is 0.250. The highest BCUT2D eigenvalue weighted by Gasteiger charge is 2.38. The number of nitrogens with zero attached hydrogens (tertiary/aromatic N) is 1. The lowest BCUT2D eigenvalue weighted by atomic mass is 10.0. The van der Waals surface area contributed by atoms with Gasteiger partial charge in [0.25, 0.3) is 11.8 Å². The third-order valence-corrected chi connectivity index (χ3v) is 6.13. The predicted molar refractivity (Wildman–Crippen MR) is 137 cm³/mol. The Bertz CT molecular complexity index is 1290. The highest BCUT2D eigenvalue weighted by atomic mass is 35.5. The van der Waals surface area contributed by atoms with Crippen LogP contribution < -0.4 is 15.0 Å². The van der Waals surface area contributed by atoms with Gasteiger partial charge in [0, 0.05) is 5.69 Å². The maximum Gasteiger partial charge on any atom is 0.343 e. The summed E-state index contributed by atoms with van der Waals surface area (Å²) in [5.74, 6) is -0.788. The van der Waals surface area contributed by atoms with Crippen LogP contribution in [0, 0.1) is 0 Å². The Labute approximate surface area is 209 Å². The van der Waals surface area contributed by atoms with Gasteiger partial charge in [0.15, 0.2) is 0 Å². The summed E-state index contributed by atoms with van der Waals surface area (Å²) in [6, 6.07) is 20.9. The van der Waals surface area contributed by atoms with Gasteiger partial charge in [0.1, 0.15) is 16.5 Å². The van der Waals surface area contributed by atoms with E-state index in [1.807, 2.05) is 31.2 Å². The molecule has 0 fully saturated rings. The lowest BCUT2D eigenvalue weighted by Gasteiger charge is -2.15. The zero-order chi connectivity index (χ0) is 25.1. The molecule has 1 aliphatic heterocycles. The molecule has 0 unspecified atom stereocenters. The first-order valence-corrected chi connectivity index (χ1v) is 11.7. The van der Waals surface area contributed by atoms with E-state index in [1.165, 1.54) is 0 Å². The monoisotopic (exact) mass is 488 g/mol. The van der Waals surface area contributed by atoms with Gasteiger partial charge in [-0.1, -0.05) is 56.6 Å². The fraction of sp³-hybridized carbons (Fsp3) is 0.179. The molecule has 6 nitrogen and oxygen atoms in total. The summed E-state index contributed by atoms with van der Waals surface area (Å²) < 4.78 is 5.44. The lowest BCUT2D eigenvalue weighted by Crippen LogP contribution is -2.32. The van der Waals surface area contributed by atoms with Gasteiger partial charge in [-0.05, 0) is 72.0 Å². The molecular formula is C28H25ClN2O4. The zero-order valence-electron chi connectivity index (χ0n) is 19.7. The van der Waals surface area contributed by atoms with Crippen molar-refractivity contribution in [1.82, 2.24) is 0 Å². The molecule has 0 bridgehead atoms. The van der Waals surface area contributed by atoms with E-state index in [-0.39, 0.29) is 10.7 Å². The normalized spacial score (nSPS) is 13.6. The Hall–Kier alpha value is -3.90. The maximum absolute atomic E-state index is 13.0. The van der Waals surface area contributed by atoms with Crippen LogP contribution in [0.2, 0.25) is 0 Å². The van der Waals surface area contributed by atoms with Gasteiger partial charge in [0.2, 0.25) is 0 Å². The van der Waals surface area contributed by atoms with E-state index < -0.39 is 17.8 Å². The zero-order valence-corrected chi connectivity index (χ0v) is 20.4. The molecule has 178 valence electrons. The summed E-state index contributed by atoms with van der Waals surface area (Å²) in [5.41, 5.74) is 3.53. The molecule has 2 amide bonds. The van der Waals surface area contributed by atoms with Crippen molar-refractivity contribution in [3.63, 3.8) is 0 Å². The average molecular weight is 489 g/mol. The Morgan fingerprint density at radius 3 is 2.11 bits per heavy atom. The number of esters is 1. The molecule has 0 radical (unpaired) electrons. The van der Waals surface area contributed by atoms with Crippen LogP contribution in [0.5, 0.6) is 5.75 Å². The van der Waals surface area contributed by atoms with E-state index in [0.29, 0.717) is 28.6 Å². The maximum atomic E-state index is 13.0. The van der Waals surface area contributed by atoms with E-state index in [9.17, 15) is 14.4 Å². The second kappa shape index (κ2) is 10.2. The summed E-state index contributed by atoms with van der Waals surface area (Å²) >= 11 is 6.21. The number of carbonyl (C=O) groups excluding carboxylic acids is 3. The van der Waals surface area contributed by atoms with Crippen molar-refractivity contribution in [1.29, 1.82) is 0 Å². The number of imide groups is 1. The highest BCUT2D eigenvalue weighted by molar-refractivity contribution is 6.53. The van der Waals surface area contributed by atoms with E-state index in [2.05, 4.69) is 19.2 Å². The molecule has 0 atom stereocenters. The van der Waals surface area contributed by atoms with Crippen LogP contribution in [-0.2, 0) is 16.0 Å². The highest BCUT2D eigenvalue weighted by Crippen LogP contribution is 2.30. The summed E-state index contributed by atoms with van der Waals surface area (Å²) in [6.45, 7) is 6.21. The summed E-state index contributed by atoms with van der Waals surface area (Å²) in [7, 11) is 0. The molecular weight excluding hydrogens is 464 g/mol. The van der Waals surface area contributed by atoms with Crippen LogP contribution in [0.3, 0.4) is 0 Å². The van der Waals surface area contributed by atoms with Gasteiger partial charge >= 0.3 is 5.97 Å². The number of ether oxygens (including phenoxy) is 1. The van der Waals surface area contributed by atoms with Crippen LogP contribution in [0.1, 0.15) is 48.2 Å². The molecule has 0 saturated heterocycles. The summed E-state index contributed by atoms with van der Waals surface area (Å²) in [4.78, 5) is 39.2. The molecule has 0 spiro atoms. The van der Waals surface area contributed by atoms with E-state index in [4.69, 9.17) is 16.3 Å². The van der Waals surface area contributed by atoms with Gasteiger partial charge in [-0.15, -0.1) is 0 Å². The third-order valence-electron chi connectivity index (χ3n) is 5.78. The molecule has 4 rings (SSSR count). The van der Waals surface area contributed by atoms with Crippen molar-refractivity contribution in [2.45, 2.75) is 33.1 Å². The number of halogens is 1. The molecule has 3 aromatic rings. The van der Waals surface area contributed by atoms with Crippen LogP contribution in [-0.4, -0.2) is 17.8 Å². The first-order valence-electron chi connectivity index (χ1n) is 11.3. The fourth-order valence-electron chi connectivity index (χ4n) is 3.65. The first kappa shape index (κ1) is 24.2. The molecule has 3 aromatic carbocycles. The molecule has 1 heterocycles. The standard InChI is InChI=1S/C28H25ClN2O4/c1-4-18-5-13-22(14-6-18)31-26(32)24(29)25(27(31)33)30-21-11-7-20(8-12-21)28(34)35-23-15-9-19(10-16-23)17(2)3/h5-17,30H,4H2,1-3H3. The number of hydrogen-bond acceptors (Lipinski definition) is 5. The number of anilines is 2. The van der Waals surface area contributed by atoms with Gasteiger partial charge < -0.3 is 10.1 Å². The minimum Gasteiger partial charge on any atom is -0.423 e. The molecule has 0 aromatic heterocycles. The molecule has 0 aliphatic carbocycles. The SMILES string of the molecule is CCc1ccc(N2C(=O)C(Cl)=C(Nc3ccc(C(=O)Oc4ccc(C(C)C)cc4)cc3)C2=O)cc1. The van der Waals surface area contributed by atoms with Crippen molar-refractivity contribution < 1.29 is 19.1 Å². The van der Waals surface area contributed by atoms with Crippen LogP contribution >= 0.6 is 11.6 Å². The number of nitrogens with one attached hydrogen (secondary N) is 1. The fourth-order valence-corrected chi connectivity index (χ4v) is 3.86. The molecule has 1 N–H and O–H groups in total. The number of hydrogen-bond donors (Lipinski definition) is 1. The van der Waals surface area contributed by atoms with Gasteiger partial charge in [0.05, 0.1) is 11.3 Å². The van der Waals surface area contributed by atoms with Gasteiger partial charge in [-0.25, -0.2) is 9.69 Å². The Kier molecular flexibility index (Phi) is 7.03. The van der Waals surface area contributed by atoms with Crippen molar-refractivity contribution in [3.8, 4) is 5.75 Å². The van der Waals surface area contributed by atoms with Crippen molar-refractivity contribution in [2.75, 3.05) is 10.2 Å². The van der Waals surface area contributed by atoms with Crippen molar-refractivity contribution >= 4 is 40.8 Å². The third kappa shape index (κ3) is 5.12. The number of carbonyl (C=O) groups is 3. The minimum absolute atomic E-state index is 0.0168. The average Bonchev–Trinajstić information content (AvgIpc) is 3.07. The van der Waals surface area contributed by atoms with Crippen LogP contribution in [0.25, 0.3) is 0 Å². The second-order valence-corrected chi connectivity index (χ2v) is 8.85. The number of rotatable bonds is 7. The van der Waals surface area contributed by atoms with Gasteiger partial charge in [-0.2, -0.15) is 0 Å². The number of amides is 2. The Balaban J connectivity index is 1.44. The molecule has 35 heavy (non-hydrogen) atoms. The largest absolute Gasteiger partial charge is 0.423 e. The smallest absolute Gasteiger partial charge is 0.343 e. The summed E-state index contributed by atoms with van der Waals surface area (Å²) in [6.07, 6.45) is 0.849. The van der Waals surface area contributed by atoms with Crippen LogP contribution in [0.15, 0.2) is 83.5 Å². The predicted octanol–water partition coefficient (Wildman–Crippen LogP) is 6.03. The van der Waals surface area contributed by atoms with Crippen LogP contribution in [0.4, 0.5) is 11.4 Å². The topological polar surface area (TPSA) is 75.7 Å². The molecule has 7 heteroatoms. The van der Waals surface area contributed by atoms with E-state index >= 15 is 0 Å². The van der Waals surface area contributed by atoms with Crippen molar-refractivity contribution in [3.05, 3.63) is 100 Å². The Morgan fingerprint density at radius 1 is 0.914 bits per heavy atom. The molecule has 1 aliphatic rings. The number of benzene rings is 3. The lowest BCUT2D eigenvalue weighted by molar-refractivity contribution is -0.120. The summed E-state index contributed by atoms with van der Waals surface area (Å²) in [5, 5.41) is 2.72. The molecule has 0 saturated carbocycles.